The zero-order valence-corrected chi connectivity index (χ0v) is 12.0. The highest BCUT2D eigenvalue weighted by Gasteiger charge is 2.16. The van der Waals surface area contributed by atoms with E-state index < -0.39 is 41.8 Å². The van der Waals surface area contributed by atoms with Crippen molar-refractivity contribution in [3.8, 4) is 0 Å². The van der Waals surface area contributed by atoms with E-state index in [2.05, 4.69) is 0 Å². The third kappa shape index (κ3) is 3.93. The summed E-state index contributed by atoms with van der Waals surface area (Å²) in [5.74, 6) is -2.40. The average Bonchev–Trinajstić information content (AvgIpc) is 2.42. The largest absolute Gasteiger partial charge is 0.481 e. The predicted octanol–water partition coefficient (Wildman–Crippen LogP) is -1.47. The highest BCUT2D eigenvalue weighted by molar-refractivity contribution is 5.66. The predicted molar refractivity (Wildman–Crippen MR) is 74.0 cm³/mol. The molecule has 1 aromatic rings. The summed E-state index contributed by atoms with van der Waals surface area (Å²) in [7, 11) is 0. The maximum absolute atomic E-state index is 12.1. The van der Waals surface area contributed by atoms with E-state index >= 15 is 0 Å². The lowest BCUT2D eigenvalue weighted by atomic mass is 10.4. The van der Waals surface area contributed by atoms with Gasteiger partial charge in [0, 0.05) is 19.6 Å². The van der Waals surface area contributed by atoms with Crippen LogP contribution in [0.25, 0.3) is 0 Å². The van der Waals surface area contributed by atoms with Crippen molar-refractivity contribution in [2.75, 3.05) is 0 Å². The molecule has 2 N–H and O–H groups in total. The van der Waals surface area contributed by atoms with Gasteiger partial charge in [-0.1, -0.05) is 6.92 Å². The minimum absolute atomic E-state index is 0.0537. The van der Waals surface area contributed by atoms with E-state index in [0.29, 0.717) is 15.6 Å². The van der Waals surface area contributed by atoms with Crippen LogP contribution in [0.4, 0.5) is 0 Å². The second kappa shape index (κ2) is 7.38. The maximum Gasteiger partial charge on any atom is 0.336 e. The van der Waals surface area contributed by atoms with Crippen molar-refractivity contribution in [2.45, 2.75) is 45.8 Å². The lowest BCUT2D eigenvalue weighted by molar-refractivity contribution is -0.138. The van der Waals surface area contributed by atoms with E-state index in [1.807, 2.05) is 0 Å². The molecule has 0 bridgehead atoms. The standard InChI is InChI=1S/C12H17N3O7/c1-2-5-13-10(20)14(6-3-8(16)17)12(22)15(11(13)21)7-4-9(18)19/h2-7H2,1H3,(H,16,17)(H,18,19). The molecule has 0 fully saturated rings. The summed E-state index contributed by atoms with van der Waals surface area (Å²) in [6.45, 7) is 1.01. The lowest BCUT2D eigenvalue weighted by Crippen LogP contribution is -2.54. The number of aromatic nitrogens is 3. The Morgan fingerprint density at radius 3 is 1.36 bits per heavy atom. The van der Waals surface area contributed by atoms with Gasteiger partial charge in [-0.25, -0.2) is 28.1 Å². The lowest BCUT2D eigenvalue weighted by Gasteiger charge is -2.12. The van der Waals surface area contributed by atoms with Crippen LogP contribution in [0.5, 0.6) is 0 Å². The molecule has 0 aromatic carbocycles. The summed E-state index contributed by atoms with van der Waals surface area (Å²) >= 11 is 0. The highest BCUT2D eigenvalue weighted by atomic mass is 16.4. The smallest absolute Gasteiger partial charge is 0.336 e. The van der Waals surface area contributed by atoms with Crippen LogP contribution in [-0.4, -0.2) is 35.9 Å². The van der Waals surface area contributed by atoms with Crippen molar-refractivity contribution >= 4 is 11.9 Å². The Hall–Kier alpha value is -2.65. The van der Waals surface area contributed by atoms with Gasteiger partial charge in [0.2, 0.25) is 0 Å². The fourth-order valence-corrected chi connectivity index (χ4v) is 1.89. The first-order valence-electron chi connectivity index (χ1n) is 6.67. The first-order valence-corrected chi connectivity index (χ1v) is 6.67. The Labute approximate surface area is 123 Å². The minimum Gasteiger partial charge on any atom is -0.481 e. The van der Waals surface area contributed by atoms with Crippen molar-refractivity contribution in [3.05, 3.63) is 31.5 Å². The number of hydrogen-bond acceptors (Lipinski definition) is 5. The second-order valence-corrected chi connectivity index (χ2v) is 4.59. The molecule has 0 saturated heterocycles. The first-order chi connectivity index (χ1) is 10.3. The van der Waals surface area contributed by atoms with E-state index in [9.17, 15) is 24.0 Å². The topological polar surface area (TPSA) is 141 Å². The number of rotatable bonds is 8. The third-order valence-corrected chi connectivity index (χ3v) is 2.93. The van der Waals surface area contributed by atoms with Gasteiger partial charge >= 0.3 is 29.0 Å². The maximum atomic E-state index is 12.1. The molecule has 1 heterocycles. The molecule has 0 unspecified atom stereocenters. The summed E-state index contributed by atoms with van der Waals surface area (Å²) in [5.41, 5.74) is -2.76. The number of nitrogens with zero attached hydrogens (tertiary/aromatic N) is 3. The molecule has 0 saturated carbocycles. The Bertz CT molecular complexity index is 684. The SMILES string of the molecule is CCCn1c(=O)n(CCC(=O)O)c(=O)n(CCC(=O)O)c1=O. The van der Waals surface area contributed by atoms with Crippen LogP contribution in [-0.2, 0) is 29.2 Å². The zero-order chi connectivity index (χ0) is 16.9. The Kier molecular flexibility index (Phi) is 5.84. The summed E-state index contributed by atoms with van der Waals surface area (Å²) in [4.78, 5) is 57.5. The molecular weight excluding hydrogens is 298 g/mol. The van der Waals surface area contributed by atoms with Crippen LogP contribution in [0.3, 0.4) is 0 Å². The second-order valence-electron chi connectivity index (χ2n) is 4.59. The highest BCUT2D eigenvalue weighted by Crippen LogP contribution is 1.87. The number of carbonyl (C=O) groups is 2. The van der Waals surface area contributed by atoms with E-state index in [4.69, 9.17) is 10.2 Å². The minimum atomic E-state index is -1.20. The summed E-state index contributed by atoms with van der Waals surface area (Å²) in [5, 5.41) is 17.3. The number of aliphatic carboxylic acids is 2. The van der Waals surface area contributed by atoms with Crippen LogP contribution in [0.1, 0.15) is 26.2 Å². The molecule has 10 heteroatoms. The number of carboxylic acids is 2. The molecule has 0 amide bonds. The first kappa shape index (κ1) is 17.4. The van der Waals surface area contributed by atoms with Gasteiger partial charge in [-0.05, 0) is 6.42 Å². The zero-order valence-electron chi connectivity index (χ0n) is 12.0. The molecule has 0 atom stereocenters. The van der Waals surface area contributed by atoms with Gasteiger partial charge in [0.1, 0.15) is 0 Å². The third-order valence-electron chi connectivity index (χ3n) is 2.93. The van der Waals surface area contributed by atoms with E-state index in [1.54, 1.807) is 6.92 Å². The number of hydrogen-bond donors (Lipinski definition) is 2. The van der Waals surface area contributed by atoms with Crippen molar-refractivity contribution < 1.29 is 19.8 Å². The Morgan fingerprint density at radius 2 is 1.09 bits per heavy atom. The monoisotopic (exact) mass is 315 g/mol. The summed E-state index contributed by atoms with van der Waals surface area (Å²) in [6.07, 6.45) is -0.470. The number of carboxylic acid groups (broad SMARTS) is 2. The molecule has 10 nitrogen and oxygen atoms in total. The van der Waals surface area contributed by atoms with Crippen molar-refractivity contribution in [1.82, 2.24) is 13.7 Å². The molecule has 0 spiro atoms. The molecule has 0 aliphatic heterocycles. The summed E-state index contributed by atoms with van der Waals surface area (Å²) < 4.78 is 2.10. The fourth-order valence-electron chi connectivity index (χ4n) is 1.89. The van der Waals surface area contributed by atoms with Gasteiger partial charge in [0.15, 0.2) is 0 Å². The van der Waals surface area contributed by atoms with Crippen molar-refractivity contribution in [2.24, 2.45) is 0 Å². The van der Waals surface area contributed by atoms with Gasteiger partial charge in [-0.15, -0.1) is 0 Å². The molecule has 1 aromatic heterocycles. The molecule has 0 aliphatic carbocycles. The Morgan fingerprint density at radius 1 is 0.773 bits per heavy atom. The van der Waals surface area contributed by atoms with Crippen molar-refractivity contribution in [3.63, 3.8) is 0 Å². The molecule has 122 valence electrons. The van der Waals surface area contributed by atoms with Gasteiger partial charge in [-0.3, -0.25) is 9.59 Å². The average molecular weight is 315 g/mol. The van der Waals surface area contributed by atoms with Gasteiger partial charge in [0.25, 0.3) is 0 Å². The quantitative estimate of drug-likeness (QED) is 0.596. The fraction of sp³-hybridized carbons (Fsp3) is 0.583. The van der Waals surface area contributed by atoms with Crippen LogP contribution in [0, 0.1) is 0 Å². The van der Waals surface area contributed by atoms with E-state index in [-0.39, 0.29) is 19.6 Å². The summed E-state index contributed by atoms with van der Waals surface area (Å²) in [6, 6.07) is 0. The van der Waals surface area contributed by atoms with Crippen LogP contribution in [0.2, 0.25) is 0 Å². The normalized spacial score (nSPS) is 10.6. The molecular formula is C12H17N3O7. The van der Waals surface area contributed by atoms with E-state index in [1.165, 1.54) is 0 Å². The Balaban J connectivity index is 3.45. The van der Waals surface area contributed by atoms with Crippen LogP contribution in [0.15, 0.2) is 14.4 Å². The van der Waals surface area contributed by atoms with Crippen LogP contribution < -0.4 is 17.1 Å². The molecule has 22 heavy (non-hydrogen) atoms. The van der Waals surface area contributed by atoms with Gasteiger partial charge in [0.05, 0.1) is 12.8 Å². The molecule has 1 rings (SSSR count). The molecule has 0 radical (unpaired) electrons. The van der Waals surface area contributed by atoms with E-state index in [0.717, 1.165) is 4.57 Å². The van der Waals surface area contributed by atoms with Crippen LogP contribution >= 0.6 is 0 Å². The van der Waals surface area contributed by atoms with Gasteiger partial charge in [-0.2, -0.15) is 0 Å². The van der Waals surface area contributed by atoms with Crippen molar-refractivity contribution in [1.29, 1.82) is 0 Å². The van der Waals surface area contributed by atoms with Gasteiger partial charge < -0.3 is 10.2 Å². The molecule has 0 aliphatic rings.